The molecule has 0 aliphatic carbocycles. The Hall–Kier alpha value is -3.53. The highest BCUT2D eigenvalue weighted by molar-refractivity contribution is 5.78. The maximum atomic E-state index is 5.85. The van der Waals surface area contributed by atoms with Gasteiger partial charge in [-0.3, -0.25) is 4.99 Å². The molecule has 4 rings (SSSR count). The summed E-state index contributed by atoms with van der Waals surface area (Å²) in [6, 6.07) is 26.4. The predicted molar refractivity (Wildman–Crippen MR) is 113 cm³/mol. The molecule has 0 saturated carbocycles. The lowest BCUT2D eigenvalue weighted by Crippen LogP contribution is -2.13. The third-order valence-electron chi connectivity index (χ3n) is 4.59. The summed E-state index contributed by atoms with van der Waals surface area (Å²) >= 11 is 0. The van der Waals surface area contributed by atoms with E-state index in [2.05, 4.69) is 41.2 Å². The van der Waals surface area contributed by atoms with Crippen LogP contribution < -0.4 is 14.5 Å². The highest BCUT2D eigenvalue weighted by Crippen LogP contribution is 2.37. The van der Waals surface area contributed by atoms with E-state index in [0.717, 1.165) is 34.4 Å². The Bertz CT molecular complexity index is 978. The third kappa shape index (κ3) is 3.55. The van der Waals surface area contributed by atoms with Gasteiger partial charge in [0.05, 0.1) is 11.4 Å². The number of rotatable bonds is 4. The van der Waals surface area contributed by atoms with Crippen LogP contribution in [0.2, 0.25) is 0 Å². The van der Waals surface area contributed by atoms with Gasteiger partial charge in [-0.05, 0) is 48.5 Å². The third-order valence-corrected chi connectivity index (χ3v) is 4.59. The minimum absolute atomic E-state index is 0.764. The molecule has 0 amide bonds. The fourth-order valence-corrected chi connectivity index (χ4v) is 3.02. The minimum atomic E-state index is 0.764. The van der Waals surface area contributed by atoms with Gasteiger partial charge in [-0.15, -0.1) is 0 Å². The van der Waals surface area contributed by atoms with Crippen LogP contribution in [0.1, 0.15) is 0 Å². The molecule has 0 spiro atoms. The van der Waals surface area contributed by atoms with Crippen LogP contribution in [-0.4, -0.2) is 20.3 Å². The van der Waals surface area contributed by atoms with Gasteiger partial charge in [0, 0.05) is 37.8 Å². The Morgan fingerprint density at radius 2 is 1.52 bits per heavy atom. The number of allylic oxidation sites excluding steroid dienone is 1. The maximum Gasteiger partial charge on any atom is 0.201 e. The Labute approximate surface area is 159 Å². The molecule has 0 saturated heterocycles. The average Bonchev–Trinajstić information content (AvgIpc) is 3.05. The van der Waals surface area contributed by atoms with Gasteiger partial charge in [0.15, 0.2) is 5.75 Å². The Morgan fingerprint density at radius 3 is 2.26 bits per heavy atom. The van der Waals surface area contributed by atoms with Crippen molar-refractivity contribution in [3.8, 4) is 5.75 Å². The predicted octanol–water partition coefficient (Wildman–Crippen LogP) is 5.53. The summed E-state index contributed by atoms with van der Waals surface area (Å²) in [5.74, 6) is 1.63. The van der Waals surface area contributed by atoms with E-state index in [9.17, 15) is 0 Å². The molecule has 0 N–H and O–H groups in total. The number of fused-ring (bicyclic) bond motifs is 1. The Morgan fingerprint density at radius 1 is 0.852 bits per heavy atom. The molecule has 134 valence electrons. The topological polar surface area (TPSA) is 28.1 Å². The first-order valence-corrected chi connectivity index (χ1v) is 8.86. The van der Waals surface area contributed by atoms with Crippen LogP contribution in [0.5, 0.6) is 5.75 Å². The van der Waals surface area contributed by atoms with Crippen LogP contribution in [0, 0.1) is 0 Å². The molecule has 4 heteroatoms. The van der Waals surface area contributed by atoms with Crippen LogP contribution in [0.4, 0.5) is 22.7 Å². The highest BCUT2D eigenvalue weighted by Gasteiger charge is 2.21. The summed E-state index contributed by atoms with van der Waals surface area (Å²) in [5, 5.41) is 0. The summed E-state index contributed by atoms with van der Waals surface area (Å²) in [7, 11) is 4.04. The van der Waals surface area contributed by atoms with Gasteiger partial charge >= 0.3 is 0 Å². The van der Waals surface area contributed by atoms with Crippen molar-refractivity contribution in [2.75, 3.05) is 23.9 Å². The number of para-hydroxylation sites is 3. The van der Waals surface area contributed by atoms with Crippen molar-refractivity contribution in [1.29, 1.82) is 0 Å². The van der Waals surface area contributed by atoms with Crippen LogP contribution in [0.3, 0.4) is 0 Å². The van der Waals surface area contributed by atoms with Crippen LogP contribution >= 0.6 is 0 Å². The number of nitrogens with zero attached hydrogens (tertiary/aromatic N) is 3. The average molecular weight is 355 g/mol. The summed E-state index contributed by atoms with van der Waals surface area (Å²) in [6.45, 7) is 0. The van der Waals surface area contributed by atoms with Gasteiger partial charge < -0.3 is 14.5 Å². The first-order chi connectivity index (χ1) is 13.2. The second kappa shape index (κ2) is 7.38. The first kappa shape index (κ1) is 16.9. The molecule has 3 aromatic carbocycles. The molecule has 1 heterocycles. The lowest BCUT2D eigenvalue weighted by molar-refractivity contribution is 0.445. The van der Waals surface area contributed by atoms with Crippen molar-refractivity contribution in [2.24, 2.45) is 4.99 Å². The van der Waals surface area contributed by atoms with Gasteiger partial charge in [-0.1, -0.05) is 30.3 Å². The summed E-state index contributed by atoms with van der Waals surface area (Å²) in [4.78, 5) is 8.67. The van der Waals surface area contributed by atoms with Crippen LogP contribution in [0.15, 0.2) is 95.8 Å². The molecule has 3 aromatic rings. The second-order valence-electron chi connectivity index (χ2n) is 6.32. The number of hydrogen-bond donors (Lipinski definition) is 0. The molecule has 0 unspecified atom stereocenters. The SMILES string of the molecule is CN1C(=CC=Nc2ccc(N(C)c3ccccc3)cc2)Oc2ccccc21. The fraction of sp³-hybridized carbons (Fsp3) is 0.0870. The molecule has 0 atom stereocenters. The van der Waals surface area contributed by atoms with Crippen LogP contribution in [0.25, 0.3) is 0 Å². The van der Waals surface area contributed by atoms with E-state index in [-0.39, 0.29) is 0 Å². The zero-order valence-electron chi connectivity index (χ0n) is 15.4. The van der Waals surface area contributed by atoms with E-state index in [1.807, 2.05) is 72.6 Å². The maximum absolute atomic E-state index is 5.85. The quantitative estimate of drug-likeness (QED) is 0.576. The number of ether oxygens (including phenoxy) is 1. The van der Waals surface area contributed by atoms with Gasteiger partial charge in [-0.25, -0.2) is 0 Å². The number of benzene rings is 3. The lowest BCUT2D eigenvalue weighted by atomic mass is 10.2. The van der Waals surface area contributed by atoms with Crippen molar-refractivity contribution >= 4 is 29.0 Å². The van der Waals surface area contributed by atoms with E-state index < -0.39 is 0 Å². The molecule has 1 aliphatic heterocycles. The molecule has 0 aromatic heterocycles. The smallest absolute Gasteiger partial charge is 0.201 e. The normalized spacial score (nSPS) is 14.4. The standard InChI is InChI=1S/C23H21N3O/c1-25(19-8-4-3-5-9-19)20-14-12-18(13-15-20)24-17-16-23-26(2)21-10-6-7-11-22(21)27-23/h3-17H,1-2H3. The van der Waals surface area contributed by atoms with E-state index in [4.69, 9.17) is 4.74 Å². The number of hydrogen-bond acceptors (Lipinski definition) is 4. The minimum Gasteiger partial charge on any atom is -0.439 e. The zero-order valence-corrected chi connectivity index (χ0v) is 15.4. The molecule has 4 nitrogen and oxygen atoms in total. The van der Waals surface area contributed by atoms with E-state index in [0.29, 0.717) is 0 Å². The van der Waals surface area contributed by atoms with Crippen molar-refractivity contribution in [1.82, 2.24) is 0 Å². The molecular weight excluding hydrogens is 334 g/mol. The molecule has 0 radical (unpaired) electrons. The van der Waals surface area contributed by atoms with Crippen LogP contribution in [-0.2, 0) is 0 Å². The number of anilines is 3. The largest absolute Gasteiger partial charge is 0.439 e. The van der Waals surface area contributed by atoms with Gasteiger partial charge in [-0.2, -0.15) is 0 Å². The summed E-state index contributed by atoms with van der Waals surface area (Å²) in [5.41, 5.74) is 4.23. The van der Waals surface area contributed by atoms with Gasteiger partial charge in [0.2, 0.25) is 5.88 Å². The van der Waals surface area contributed by atoms with Crippen molar-refractivity contribution in [2.45, 2.75) is 0 Å². The fourth-order valence-electron chi connectivity index (χ4n) is 3.02. The van der Waals surface area contributed by atoms with Crippen molar-refractivity contribution < 1.29 is 4.74 Å². The molecule has 27 heavy (non-hydrogen) atoms. The van der Waals surface area contributed by atoms with E-state index in [1.165, 1.54) is 0 Å². The molecule has 1 aliphatic rings. The van der Waals surface area contributed by atoms with E-state index >= 15 is 0 Å². The highest BCUT2D eigenvalue weighted by atomic mass is 16.5. The molecule has 0 fully saturated rings. The Balaban J connectivity index is 1.45. The van der Waals surface area contributed by atoms with Gasteiger partial charge in [0.25, 0.3) is 0 Å². The zero-order chi connectivity index (χ0) is 18.6. The first-order valence-electron chi connectivity index (χ1n) is 8.86. The summed E-state index contributed by atoms with van der Waals surface area (Å²) in [6.07, 6.45) is 3.65. The molecular formula is C23H21N3O. The lowest BCUT2D eigenvalue weighted by Gasteiger charge is -2.19. The molecule has 0 bridgehead atoms. The van der Waals surface area contributed by atoms with Crippen molar-refractivity contribution in [3.05, 3.63) is 90.8 Å². The number of aliphatic imine (C=N–C) groups is 1. The monoisotopic (exact) mass is 355 g/mol. The van der Waals surface area contributed by atoms with Crippen molar-refractivity contribution in [3.63, 3.8) is 0 Å². The Kier molecular flexibility index (Phi) is 4.62. The second-order valence-corrected chi connectivity index (χ2v) is 6.32. The van der Waals surface area contributed by atoms with E-state index in [1.54, 1.807) is 6.21 Å². The van der Waals surface area contributed by atoms with Gasteiger partial charge in [0.1, 0.15) is 0 Å². The summed E-state index contributed by atoms with van der Waals surface area (Å²) < 4.78 is 5.85.